The van der Waals surface area contributed by atoms with Crippen LogP contribution in [0.4, 0.5) is 16.2 Å². The first-order chi connectivity index (χ1) is 8.65. The lowest BCUT2D eigenvalue weighted by Gasteiger charge is -2.09. The molecule has 2 amide bonds. The van der Waals surface area contributed by atoms with Gasteiger partial charge >= 0.3 is 6.03 Å². The van der Waals surface area contributed by atoms with Crippen LogP contribution in [0.5, 0.6) is 5.75 Å². The Balaban J connectivity index is 2.03. The van der Waals surface area contributed by atoms with Crippen molar-refractivity contribution in [1.82, 2.24) is 0 Å². The molecule has 0 radical (unpaired) electrons. The molecule has 0 fully saturated rings. The van der Waals surface area contributed by atoms with E-state index in [0.29, 0.717) is 11.4 Å². The molecule has 0 aliphatic heterocycles. The molecule has 0 aromatic heterocycles. The number of anilines is 2. The van der Waals surface area contributed by atoms with Gasteiger partial charge in [-0.2, -0.15) is 0 Å². The number of aryl methyl sites for hydroxylation is 1. The predicted molar refractivity (Wildman–Crippen MR) is 71.9 cm³/mol. The molecule has 0 heterocycles. The van der Waals surface area contributed by atoms with E-state index in [1.54, 1.807) is 24.3 Å². The van der Waals surface area contributed by atoms with Gasteiger partial charge in [-0.25, -0.2) is 4.79 Å². The highest BCUT2D eigenvalue weighted by molar-refractivity contribution is 6.00. The summed E-state index contributed by atoms with van der Waals surface area (Å²) in [4.78, 5) is 11.7. The van der Waals surface area contributed by atoms with Crippen LogP contribution < -0.4 is 10.6 Å². The predicted octanol–water partition coefficient (Wildman–Crippen LogP) is 3.34. The summed E-state index contributed by atoms with van der Waals surface area (Å²) in [6.07, 6.45) is 0. The van der Waals surface area contributed by atoms with Crippen molar-refractivity contribution in [3.05, 3.63) is 54.1 Å². The average Bonchev–Trinajstić information content (AvgIpc) is 2.32. The minimum Gasteiger partial charge on any atom is -0.506 e. The van der Waals surface area contributed by atoms with E-state index in [2.05, 4.69) is 10.6 Å². The first kappa shape index (κ1) is 12.0. The number of phenols is 1. The first-order valence-electron chi connectivity index (χ1n) is 5.58. The molecule has 0 saturated heterocycles. The Kier molecular flexibility index (Phi) is 3.48. The van der Waals surface area contributed by atoms with Crippen molar-refractivity contribution in [2.24, 2.45) is 0 Å². The van der Waals surface area contributed by atoms with Crippen molar-refractivity contribution in [2.45, 2.75) is 6.92 Å². The van der Waals surface area contributed by atoms with Gasteiger partial charge in [-0.05, 0) is 36.8 Å². The summed E-state index contributed by atoms with van der Waals surface area (Å²) in [5, 5.41) is 14.8. The fourth-order valence-corrected chi connectivity index (χ4v) is 1.59. The zero-order valence-electron chi connectivity index (χ0n) is 9.97. The third kappa shape index (κ3) is 3.01. The number of rotatable bonds is 2. The molecule has 0 saturated carbocycles. The van der Waals surface area contributed by atoms with Gasteiger partial charge in [0.25, 0.3) is 0 Å². The molecule has 3 N–H and O–H groups in total. The van der Waals surface area contributed by atoms with Gasteiger partial charge in [-0.15, -0.1) is 0 Å². The highest BCUT2D eigenvalue weighted by atomic mass is 16.3. The van der Waals surface area contributed by atoms with Gasteiger partial charge in [0.05, 0.1) is 5.69 Å². The summed E-state index contributed by atoms with van der Waals surface area (Å²) >= 11 is 0. The Bertz CT molecular complexity index is 567. The van der Waals surface area contributed by atoms with Gasteiger partial charge in [0, 0.05) is 5.69 Å². The maximum Gasteiger partial charge on any atom is 0.323 e. The molecule has 2 rings (SSSR count). The lowest BCUT2D eigenvalue weighted by atomic mass is 10.2. The Morgan fingerprint density at radius 1 is 1.06 bits per heavy atom. The van der Waals surface area contributed by atoms with Crippen LogP contribution in [0.25, 0.3) is 0 Å². The zero-order chi connectivity index (χ0) is 13.0. The number of urea groups is 1. The summed E-state index contributed by atoms with van der Waals surface area (Å²) in [6.45, 7) is 1.95. The van der Waals surface area contributed by atoms with Crippen molar-refractivity contribution in [2.75, 3.05) is 10.6 Å². The van der Waals surface area contributed by atoms with E-state index in [1.165, 1.54) is 6.07 Å². The van der Waals surface area contributed by atoms with Gasteiger partial charge in [0.15, 0.2) is 0 Å². The minimum absolute atomic E-state index is 0.0388. The molecule has 0 unspecified atom stereocenters. The molecule has 4 nitrogen and oxygen atoms in total. The lowest BCUT2D eigenvalue weighted by Crippen LogP contribution is -2.19. The number of hydrogen-bond acceptors (Lipinski definition) is 2. The topological polar surface area (TPSA) is 61.4 Å². The molecular weight excluding hydrogens is 228 g/mol. The number of carbonyl (C=O) groups is 1. The molecule has 0 aliphatic rings. The quantitative estimate of drug-likeness (QED) is 0.707. The van der Waals surface area contributed by atoms with Crippen LogP contribution in [0.3, 0.4) is 0 Å². The second-order valence-corrected chi connectivity index (χ2v) is 3.97. The van der Waals surface area contributed by atoms with Gasteiger partial charge in [-0.1, -0.05) is 24.3 Å². The number of hydrogen-bond donors (Lipinski definition) is 3. The molecule has 18 heavy (non-hydrogen) atoms. The van der Waals surface area contributed by atoms with E-state index in [0.717, 1.165) is 5.56 Å². The SMILES string of the molecule is Cc1cccc(NC(=O)Nc2ccccc2O)c1. The summed E-state index contributed by atoms with van der Waals surface area (Å²) in [6, 6.07) is 13.7. The van der Waals surface area contributed by atoms with Crippen LogP contribution in [0.15, 0.2) is 48.5 Å². The van der Waals surface area contributed by atoms with Gasteiger partial charge in [-0.3, -0.25) is 0 Å². The summed E-state index contributed by atoms with van der Waals surface area (Å²) in [7, 11) is 0. The van der Waals surface area contributed by atoms with Crippen LogP contribution in [0.1, 0.15) is 5.56 Å². The lowest BCUT2D eigenvalue weighted by molar-refractivity contribution is 0.262. The van der Waals surface area contributed by atoms with Crippen LogP contribution in [0, 0.1) is 6.92 Å². The van der Waals surface area contributed by atoms with E-state index in [-0.39, 0.29) is 11.8 Å². The number of para-hydroxylation sites is 2. The van der Waals surface area contributed by atoms with Crippen molar-refractivity contribution in [3.63, 3.8) is 0 Å². The monoisotopic (exact) mass is 242 g/mol. The summed E-state index contributed by atoms with van der Waals surface area (Å²) in [5.41, 5.74) is 2.15. The fraction of sp³-hybridized carbons (Fsp3) is 0.0714. The van der Waals surface area contributed by atoms with Crippen LogP contribution in [-0.2, 0) is 0 Å². The van der Waals surface area contributed by atoms with E-state index < -0.39 is 0 Å². The minimum atomic E-state index is -0.387. The largest absolute Gasteiger partial charge is 0.506 e. The fourth-order valence-electron chi connectivity index (χ4n) is 1.59. The highest BCUT2D eigenvalue weighted by Crippen LogP contribution is 2.21. The van der Waals surface area contributed by atoms with Gasteiger partial charge < -0.3 is 15.7 Å². The second kappa shape index (κ2) is 5.23. The smallest absolute Gasteiger partial charge is 0.323 e. The molecular formula is C14H14N2O2. The summed E-state index contributed by atoms with van der Waals surface area (Å²) < 4.78 is 0. The van der Waals surface area contributed by atoms with Crippen molar-refractivity contribution in [3.8, 4) is 5.75 Å². The van der Waals surface area contributed by atoms with E-state index in [4.69, 9.17) is 0 Å². The average molecular weight is 242 g/mol. The molecule has 4 heteroatoms. The second-order valence-electron chi connectivity index (χ2n) is 3.97. The van der Waals surface area contributed by atoms with E-state index in [9.17, 15) is 9.90 Å². The number of aromatic hydroxyl groups is 1. The van der Waals surface area contributed by atoms with Gasteiger partial charge in [0.1, 0.15) is 5.75 Å². The maximum absolute atomic E-state index is 11.7. The van der Waals surface area contributed by atoms with E-state index >= 15 is 0 Å². The Hall–Kier alpha value is -2.49. The number of benzene rings is 2. The van der Waals surface area contributed by atoms with Gasteiger partial charge in [0.2, 0.25) is 0 Å². The Morgan fingerprint density at radius 3 is 2.56 bits per heavy atom. The molecule has 0 aliphatic carbocycles. The zero-order valence-corrected chi connectivity index (χ0v) is 9.97. The Morgan fingerprint density at radius 2 is 1.83 bits per heavy atom. The molecule has 92 valence electrons. The van der Waals surface area contributed by atoms with Crippen LogP contribution >= 0.6 is 0 Å². The van der Waals surface area contributed by atoms with Crippen molar-refractivity contribution in [1.29, 1.82) is 0 Å². The van der Waals surface area contributed by atoms with Crippen LogP contribution in [0.2, 0.25) is 0 Å². The molecule has 0 bridgehead atoms. The van der Waals surface area contributed by atoms with Crippen molar-refractivity contribution < 1.29 is 9.90 Å². The third-order valence-corrected chi connectivity index (χ3v) is 2.43. The first-order valence-corrected chi connectivity index (χ1v) is 5.58. The number of nitrogens with one attached hydrogen (secondary N) is 2. The number of phenolic OH excluding ortho intramolecular Hbond substituents is 1. The number of carbonyl (C=O) groups excluding carboxylic acids is 1. The third-order valence-electron chi connectivity index (χ3n) is 2.43. The summed E-state index contributed by atoms with van der Waals surface area (Å²) in [5.74, 6) is 0.0388. The van der Waals surface area contributed by atoms with Crippen molar-refractivity contribution >= 4 is 17.4 Å². The van der Waals surface area contributed by atoms with E-state index in [1.807, 2.05) is 25.1 Å². The Labute approximate surface area is 105 Å². The molecule has 0 atom stereocenters. The molecule has 2 aromatic carbocycles. The number of amides is 2. The highest BCUT2D eigenvalue weighted by Gasteiger charge is 2.05. The normalized spacial score (nSPS) is 9.83. The standard InChI is InChI=1S/C14H14N2O2/c1-10-5-4-6-11(9-10)15-14(18)16-12-7-2-3-8-13(12)17/h2-9,17H,1H3,(H2,15,16,18). The van der Waals surface area contributed by atoms with Crippen LogP contribution in [-0.4, -0.2) is 11.1 Å². The molecule has 2 aromatic rings. The molecule has 0 spiro atoms. The maximum atomic E-state index is 11.7.